The zero-order valence-electron chi connectivity index (χ0n) is 12.4. The van der Waals surface area contributed by atoms with Crippen molar-refractivity contribution in [3.8, 4) is 0 Å². The summed E-state index contributed by atoms with van der Waals surface area (Å²) in [6.45, 7) is 1.66. The summed E-state index contributed by atoms with van der Waals surface area (Å²) < 4.78 is 5.73. The Morgan fingerprint density at radius 2 is 2.19 bits per heavy atom. The van der Waals surface area contributed by atoms with Crippen LogP contribution in [-0.2, 0) is 4.74 Å². The summed E-state index contributed by atoms with van der Waals surface area (Å²) in [5.41, 5.74) is 0.382. The van der Waals surface area contributed by atoms with Crippen molar-refractivity contribution in [1.82, 2.24) is 15.5 Å². The molecular formula is C15H22N4O2. The first-order valence-corrected chi connectivity index (χ1v) is 7.70. The summed E-state index contributed by atoms with van der Waals surface area (Å²) in [5.74, 6) is 0.641. The molecule has 0 bridgehead atoms. The van der Waals surface area contributed by atoms with Gasteiger partial charge in [-0.05, 0) is 44.2 Å². The van der Waals surface area contributed by atoms with E-state index >= 15 is 0 Å². The van der Waals surface area contributed by atoms with Crippen molar-refractivity contribution in [2.45, 2.75) is 44.2 Å². The van der Waals surface area contributed by atoms with Crippen LogP contribution < -0.4 is 10.2 Å². The third kappa shape index (κ3) is 3.91. The van der Waals surface area contributed by atoms with Gasteiger partial charge in [-0.2, -0.15) is 0 Å². The first-order chi connectivity index (χ1) is 10.2. The lowest BCUT2D eigenvalue weighted by Gasteiger charge is -2.27. The number of nitrogens with one attached hydrogen (secondary N) is 1. The third-order valence-electron chi connectivity index (χ3n) is 3.94. The number of hydrogen-bond donors (Lipinski definition) is 1. The van der Waals surface area contributed by atoms with Gasteiger partial charge in [-0.25, -0.2) is 0 Å². The lowest BCUT2D eigenvalue weighted by molar-refractivity contribution is 0.0215. The SMILES string of the molecule is CN(C[C@H]1CCCCO1)c1ccc(C(=O)NC2CC2)nn1. The van der Waals surface area contributed by atoms with Gasteiger partial charge in [0, 0.05) is 26.2 Å². The number of ether oxygens (including phenoxy) is 1. The molecule has 2 heterocycles. The lowest BCUT2D eigenvalue weighted by Crippen LogP contribution is -2.34. The molecule has 1 saturated carbocycles. The monoisotopic (exact) mass is 290 g/mol. The molecule has 114 valence electrons. The highest BCUT2D eigenvalue weighted by Crippen LogP contribution is 2.19. The average Bonchev–Trinajstić information content (AvgIpc) is 3.32. The van der Waals surface area contributed by atoms with Crippen LogP contribution in [0.25, 0.3) is 0 Å². The maximum absolute atomic E-state index is 11.8. The fourth-order valence-corrected chi connectivity index (χ4v) is 2.49. The zero-order chi connectivity index (χ0) is 14.7. The quantitative estimate of drug-likeness (QED) is 0.887. The number of anilines is 1. The first kappa shape index (κ1) is 14.3. The van der Waals surface area contributed by atoms with E-state index in [0.29, 0.717) is 11.7 Å². The molecule has 1 aromatic rings. The minimum Gasteiger partial charge on any atom is -0.376 e. The van der Waals surface area contributed by atoms with E-state index in [1.54, 1.807) is 6.07 Å². The van der Waals surface area contributed by atoms with E-state index < -0.39 is 0 Å². The fraction of sp³-hybridized carbons (Fsp3) is 0.667. The van der Waals surface area contributed by atoms with Crippen LogP contribution in [0.3, 0.4) is 0 Å². The number of carbonyl (C=O) groups excluding carboxylic acids is 1. The molecule has 1 saturated heterocycles. The molecule has 21 heavy (non-hydrogen) atoms. The van der Waals surface area contributed by atoms with Crippen LogP contribution in [0.4, 0.5) is 5.82 Å². The van der Waals surface area contributed by atoms with Gasteiger partial charge in [-0.1, -0.05) is 0 Å². The van der Waals surface area contributed by atoms with Crippen molar-refractivity contribution in [2.75, 3.05) is 25.1 Å². The molecule has 0 radical (unpaired) electrons. The Balaban J connectivity index is 1.55. The molecule has 3 rings (SSSR count). The predicted molar refractivity (Wildman–Crippen MR) is 79.4 cm³/mol. The number of nitrogens with zero attached hydrogens (tertiary/aromatic N) is 3. The molecule has 2 fully saturated rings. The summed E-state index contributed by atoms with van der Waals surface area (Å²) in [4.78, 5) is 13.9. The van der Waals surface area contributed by atoms with Crippen LogP contribution in [0.1, 0.15) is 42.6 Å². The molecule has 1 aliphatic heterocycles. The van der Waals surface area contributed by atoms with E-state index in [2.05, 4.69) is 15.5 Å². The molecule has 1 aliphatic carbocycles. The average molecular weight is 290 g/mol. The van der Waals surface area contributed by atoms with E-state index in [-0.39, 0.29) is 12.0 Å². The third-order valence-corrected chi connectivity index (χ3v) is 3.94. The Kier molecular flexibility index (Phi) is 4.34. The van der Waals surface area contributed by atoms with Crippen molar-refractivity contribution >= 4 is 11.7 Å². The second kappa shape index (κ2) is 6.39. The smallest absolute Gasteiger partial charge is 0.272 e. The highest BCUT2D eigenvalue weighted by molar-refractivity contribution is 5.92. The second-order valence-electron chi connectivity index (χ2n) is 5.89. The predicted octanol–water partition coefficient (Wildman–Crippen LogP) is 1.37. The Labute approximate surface area is 124 Å². The van der Waals surface area contributed by atoms with Gasteiger partial charge >= 0.3 is 0 Å². The molecule has 0 spiro atoms. The highest BCUT2D eigenvalue weighted by Gasteiger charge is 2.24. The fourth-order valence-electron chi connectivity index (χ4n) is 2.49. The van der Waals surface area contributed by atoms with Crippen molar-refractivity contribution in [1.29, 1.82) is 0 Å². The molecule has 1 atom stereocenters. The molecular weight excluding hydrogens is 268 g/mol. The Morgan fingerprint density at radius 3 is 2.81 bits per heavy atom. The Hall–Kier alpha value is -1.69. The second-order valence-corrected chi connectivity index (χ2v) is 5.89. The van der Waals surface area contributed by atoms with Crippen molar-refractivity contribution < 1.29 is 9.53 Å². The Bertz CT molecular complexity index is 481. The van der Waals surface area contributed by atoms with Gasteiger partial charge < -0.3 is 15.0 Å². The van der Waals surface area contributed by atoms with Crippen LogP contribution in [0.15, 0.2) is 12.1 Å². The molecule has 0 aromatic carbocycles. The summed E-state index contributed by atoms with van der Waals surface area (Å²) >= 11 is 0. The van der Waals surface area contributed by atoms with Crippen LogP contribution >= 0.6 is 0 Å². The Morgan fingerprint density at radius 1 is 1.33 bits per heavy atom. The number of carbonyl (C=O) groups is 1. The van der Waals surface area contributed by atoms with Gasteiger partial charge in [-0.3, -0.25) is 4.79 Å². The van der Waals surface area contributed by atoms with Crippen molar-refractivity contribution in [3.63, 3.8) is 0 Å². The summed E-state index contributed by atoms with van der Waals surface area (Å²) in [6, 6.07) is 3.92. The minimum atomic E-state index is -0.130. The van der Waals surface area contributed by atoms with Crippen LogP contribution in [0.2, 0.25) is 0 Å². The standard InChI is InChI=1S/C15H22N4O2/c1-19(10-12-4-2-3-9-21-12)14-8-7-13(17-18-14)15(20)16-11-5-6-11/h7-8,11-12H,2-6,9-10H2,1H3,(H,16,20)/t12-/m1/s1. The maximum atomic E-state index is 11.8. The van der Waals surface area contributed by atoms with E-state index in [1.165, 1.54) is 6.42 Å². The number of likely N-dealkylation sites (N-methyl/N-ethyl adjacent to an activating group) is 1. The van der Waals surface area contributed by atoms with Crippen LogP contribution in [0.5, 0.6) is 0 Å². The first-order valence-electron chi connectivity index (χ1n) is 7.70. The number of hydrogen-bond acceptors (Lipinski definition) is 5. The number of aromatic nitrogens is 2. The minimum absolute atomic E-state index is 0.130. The van der Waals surface area contributed by atoms with Crippen molar-refractivity contribution in [3.05, 3.63) is 17.8 Å². The lowest BCUT2D eigenvalue weighted by atomic mass is 10.1. The largest absolute Gasteiger partial charge is 0.376 e. The van der Waals surface area contributed by atoms with Crippen molar-refractivity contribution in [2.24, 2.45) is 0 Å². The van der Waals surface area contributed by atoms with Gasteiger partial charge in [0.05, 0.1) is 6.10 Å². The van der Waals surface area contributed by atoms with Gasteiger partial charge in [0.2, 0.25) is 0 Å². The molecule has 1 N–H and O–H groups in total. The molecule has 6 heteroatoms. The van der Waals surface area contributed by atoms with Gasteiger partial charge in [0.25, 0.3) is 5.91 Å². The molecule has 1 aromatic heterocycles. The normalized spacial score (nSPS) is 21.9. The van der Waals surface area contributed by atoms with Crippen LogP contribution in [0, 0.1) is 0 Å². The van der Waals surface area contributed by atoms with Gasteiger partial charge in [0.1, 0.15) is 0 Å². The number of amides is 1. The van der Waals surface area contributed by atoms with E-state index in [4.69, 9.17) is 4.74 Å². The molecule has 0 unspecified atom stereocenters. The molecule has 1 amide bonds. The van der Waals surface area contributed by atoms with Crippen LogP contribution in [-0.4, -0.2) is 48.4 Å². The van der Waals surface area contributed by atoms with E-state index in [1.807, 2.05) is 18.0 Å². The maximum Gasteiger partial charge on any atom is 0.272 e. The molecule has 6 nitrogen and oxygen atoms in total. The summed E-state index contributed by atoms with van der Waals surface area (Å²) in [5, 5.41) is 11.1. The van der Waals surface area contributed by atoms with Gasteiger partial charge in [0.15, 0.2) is 11.5 Å². The zero-order valence-corrected chi connectivity index (χ0v) is 12.4. The summed E-state index contributed by atoms with van der Waals surface area (Å²) in [6.07, 6.45) is 5.89. The number of rotatable bonds is 5. The topological polar surface area (TPSA) is 67.3 Å². The van der Waals surface area contributed by atoms with Gasteiger partial charge in [-0.15, -0.1) is 10.2 Å². The molecule has 2 aliphatic rings. The summed E-state index contributed by atoms with van der Waals surface area (Å²) in [7, 11) is 1.98. The van der Waals surface area contributed by atoms with E-state index in [9.17, 15) is 4.79 Å². The highest BCUT2D eigenvalue weighted by atomic mass is 16.5. The van der Waals surface area contributed by atoms with E-state index in [0.717, 1.165) is 44.7 Å².